The molecule has 1 saturated heterocycles. The molecule has 0 aromatic carbocycles. The van der Waals surface area contributed by atoms with Gasteiger partial charge in [-0.15, -0.1) is 0 Å². The van der Waals surface area contributed by atoms with Crippen molar-refractivity contribution in [2.45, 2.75) is 37.4 Å². The highest BCUT2D eigenvalue weighted by Gasteiger charge is 2.55. The summed E-state index contributed by atoms with van der Waals surface area (Å²) in [6, 6.07) is -1.21. The van der Waals surface area contributed by atoms with Crippen molar-refractivity contribution in [2.75, 3.05) is 13.7 Å². The number of aliphatic hydroxyl groups is 2. The maximum atomic E-state index is 13.9. The molecule has 4 atom stereocenters. The minimum absolute atomic E-state index is 0.299. The van der Waals surface area contributed by atoms with Gasteiger partial charge < -0.3 is 20.3 Å². The average molecular weight is 193 g/mol. The molecule has 5 heteroatoms. The first-order valence-electron chi connectivity index (χ1n) is 4.39. The van der Waals surface area contributed by atoms with E-state index in [1.165, 1.54) is 7.11 Å². The molecular weight excluding hydrogens is 177 g/mol. The summed E-state index contributed by atoms with van der Waals surface area (Å²) >= 11 is 0. The molecule has 13 heavy (non-hydrogen) atoms. The Kier molecular flexibility index (Phi) is 3.23. The minimum atomic E-state index is -2.08. The van der Waals surface area contributed by atoms with Crippen molar-refractivity contribution in [1.29, 1.82) is 0 Å². The lowest BCUT2D eigenvalue weighted by Crippen LogP contribution is -2.46. The SMILES string of the molecule is CC[C@@H]1N[C@H](CO)[C@@H](O)[C@@]1(F)OC. The molecular formula is C8H16FNO3. The Hall–Kier alpha value is -0.230. The van der Waals surface area contributed by atoms with Gasteiger partial charge in [-0.1, -0.05) is 6.92 Å². The lowest BCUT2D eigenvalue weighted by molar-refractivity contribution is -0.186. The van der Waals surface area contributed by atoms with E-state index in [1.807, 2.05) is 0 Å². The average Bonchev–Trinajstić information content (AvgIpc) is 2.41. The van der Waals surface area contributed by atoms with Crippen molar-refractivity contribution in [3.63, 3.8) is 0 Å². The first-order valence-corrected chi connectivity index (χ1v) is 4.39. The molecule has 0 bridgehead atoms. The normalized spacial score (nSPS) is 45.5. The number of methoxy groups -OCH3 is 1. The molecule has 1 aliphatic heterocycles. The van der Waals surface area contributed by atoms with E-state index in [0.717, 1.165) is 0 Å². The number of hydrogen-bond donors (Lipinski definition) is 3. The summed E-state index contributed by atoms with van der Waals surface area (Å²) in [6.07, 6.45) is -0.815. The number of alkyl halides is 1. The zero-order chi connectivity index (χ0) is 10.1. The standard InChI is InChI=1S/C8H16FNO3/c1-3-6-8(9,13-2)7(12)5(4-11)10-6/h5-7,10-12H,3-4H2,1-2H3/t5-,6+,7-,8+/m1/s1. The van der Waals surface area contributed by atoms with E-state index in [0.29, 0.717) is 6.42 Å². The van der Waals surface area contributed by atoms with Crippen molar-refractivity contribution in [1.82, 2.24) is 5.32 Å². The number of hydrogen-bond acceptors (Lipinski definition) is 4. The van der Waals surface area contributed by atoms with Crippen molar-refractivity contribution in [2.24, 2.45) is 0 Å². The van der Waals surface area contributed by atoms with Crippen molar-refractivity contribution >= 4 is 0 Å². The van der Waals surface area contributed by atoms with Crippen molar-refractivity contribution in [3.05, 3.63) is 0 Å². The Balaban J connectivity index is 2.80. The van der Waals surface area contributed by atoms with E-state index in [4.69, 9.17) is 5.11 Å². The third-order valence-corrected chi connectivity index (χ3v) is 2.59. The van der Waals surface area contributed by atoms with Gasteiger partial charge in [0.05, 0.1) is 18.7 Å². The molecule has 78 valence electrons. The van der Waals surface area contributed by atoms with Gasteiger partial charge in [-0.3, -0.25) is 0 Å². The van der Waals surface area contributed by atoms with Crippen LogP contribution in [0, 0.1) is 0 Å². The molecule has 0 unspecified atom stereocenters. The summed E-state index contributed by atoms with van der Waals surface area (Å²) in [5, 5.41) is 21.1. The second kappa shape index (κ2) is 3.88. The second-order valence-corrected chi connectivity index (χ2v) is 3.26. The summed E-state index contributed by atoms with van der Waals surface area (Å²) in [4.78, 5) is 0. The van der Waals surface area contributed by atoms with Gasteiger partial charge in [0.15, 0.2) is 0 Å². The topological polar surface area (TPSA) is 61.7 Å². The third kappa shape index (κ3) is 1.57. The summed E-state index contributed by atoms with van der Waals surface area (Å²) < 4.78 is 18.5. The number of halogens is 1. The zero-order valence-electron chi connectivity index (χ0n) is 7.83. The molecule has 1 heterocycles. The van der Waals surface area contributed by atoms with Gasteiger partial charge in [0.2, 0.25) is 0 Å². The Morgan fingerprint density at radius 1 is 1.62 bits per heavy atom. The highest BCUT2D eigenvalue weighted by Crippen LogP contribution is 2.32. The van der Waals surface area contributed by atoms with Crippen molar-refractivity contribution < 1.29 is 19.3 Å². The van der Waals surface area contributed by atoms with Crippen LogP contribution in [0.4, 0.5) is 4.39 Å². The molecule has 0 amide bonds. The van der Waals surface area contributed by atoms with Crippen LogP contribution >= 0.6 is 0 Å². The highest BCUT2D eigenvalue weighted by molar-refractivity contribution is 5.03. The second-order valence-electron chi connectivity index (χ2n) is 3.26. The fourth-order valence-corrected chi connectivity index (χ4v) is 1.76. The Labute approximate surface area is 76.7 Å². The van der Waals surface area contributed by atoms with Crippen LogP contribution in [0.2, 0.25) is 0 Å². The lowest BCUT2D eigenvalue weighted by Gasteiger charge is -2.27. The largest absolute Gasteiger partial charge is 0.395 e. The summed E-state index contributed by atoms with van der Waals surface area (Å²) in [5.74, 6) is -2.08. The fraction of sp³-hybridized carbons (Fsp3) is 1.00. The van der Waals surface area contributed by atoms with E-state index in [2.05, 4.69) is 10.1 Å². The Bertz CT molecular complexity index is 177. The monoisotopic (exact) mass is 193 g/mol. The zero-order valence-corrected chi connectivity index (χ0v) is 7.83. The molecule has 0 aromatic heterocycles. The molecule has 3 N–H and O–H groups in total. The molecule has 0 aromatic rings. The van der Waals surface area contributed by atoms with Crippen LogP contribution in [-0.4, -0.2) is 48.0 Å². The van der Waals surface area contributed by atoms with Crippen molar-refractivity contribution in [3.8, 4) is 0 Å². The van der Waals surface area contributed by atoms with Crippen LogP contribution < -0.4 is 5.32 Å². The van der Waals surface area contributed by atoms with Crippen LogP contribution in [0.15, 0.2) is 0 Å². The first-order chi connectivity index (χ1) is 6.10. The Morgan fingerprint density at radius 2 is 2.23 bits per heavy atom. The molecule has 1 rings (SSSR count). The van der Waals surface area contributed by atoms with Gasteiger partial charge in [-0.05, 0) is 6.42 Å². The van der Waals surface area contributed by atoms with Crippen LogP contribution in [0.25, 0.3) is 0 Å². The highest BCUT2D eigenvalue weighted by atomic mass is 19.2. The quantitative estimate of drug-likeness (QED) is 0.560. The lowest BCUT2D eigenvalue weighted by atomic mass is 10.0. The first kappa shape index (κ1) is 10.8. The predicted octanol–water partition coefficient (Wildman–Crippen LogP) is -0.598. The van der Waals surface area contributed by atoms with Crippen LogP contribution in [-0.2, 0) is 4.74 Å². The Morgan fingerprint density at radius 3 is 2.54 bits per heavy atom. The number of aliphatic hydroxyl groups excluding tert-OH is 2. The third-order valence-electron chi connectivity index (χ3n) is 2.59. The van der Waals surface area contributed by atoms with Crippen LogP contribution in [0.5, 0.6) is 0 Å². The molecule has 0 radical (unpaired) electrons. The maximum absolute atomic E-state index is 13.9. The van der Waals surface area contributed by atoms with Gasteiger partial charge in [-0.2, -0.15) is 0 Å². The van der Waals surface area contributed by atoms with Crippen LogP contribution in [0.3, 0.4) is 0 Å². The molecule has 4 nitrogen and oxygen atoms in total. The van der Waals surface area contributed by atoms with Gasteiger partial charge in [0.25, 0.3) is 5.85 Å². The van der Waals surface area contributed by atoms with Gasteiger partial charge >= 0.3 is 0 Å². The minimum Gasteiger partial charge on any atom is -0.395 e. The molecule has 0 aliphatic carbocycles. The molecule has 1 aliphatic rings. The predicted molar refractivity (Wildman–Crippen MR) is 44.9 cm³/mol. The van der Waals surface area contributed by atoms with E-state index in [-0.39, 0.29) is 6.61 Å². The van der Waals surface area contributed by atoms with Gasteiger partial charge in [-0.25, -0.2) is 4.39 Å². The van der Waals surface area contributed by atoms with E-state index in [1.54, 1.807) is 6.92 Å². The van der Waals surface area contributed by atoms with E-state index >= 15 is 0 Å². The smallest absolute Gasteiger partial charge is 0.252 e. The number of nitrogens with one attached hydrogen (secondary N) is 1. The number of ether oxygens (including phenoxy) is 1. The van der Waals surface area contributed by atoms with Gasteiger partial charge in [0, 0.05) is 7.11 Å². The van der Waals surface area contributed by atoms with Gasteiger partial charge in [0.1, 0.15) is 6.10 Å². The van der Waals surface area contributed by atoms with Crippen LogP contribution in [0.1, 0.15) is 13.3 Å². The van der Waals surface area contributed by atoms with E-state index in [9.17, 15) is 9.50 Å². The number of rotatable bonds is 3. The summed E-state index contributed by atoms with van der Waals surface area (Å²) in [5.41, 5.74) is 0. The summed E-state index contributed by atoms with van der Waals surface area (Å²) in [6.45, 7) is 1.49. The molecule has 0 saturated carbocycles. The molecule has 0 spiro atoms. The summed E-state index contributed by atoms with van der Waals surface area (Å²) in [7, 11) is 1.22. The maximum Gasteiger partial charge on any atom is 0.252 e. The van der Waals surface area contributed by atoms with E-state index < -0.39 is 24.0 Å². The fourth-order valence-electron chi connectivity index (χ4n) is 1.76. The molecule has 1 fully saturated rings.